The summed E-state index contributed by atoms with van der Waals surface area (Å²) < 4.78 is 43.7. The van der Waals surface area contributed by atoms with Crippen molar-refractivity contribution < 1.29 is 17.7 Å². The number of nitrogens with one attached hydrogen (secondary N) is 1. The monoisotopic (exact) mass is 412 g/mol. The van der Waals surface area contributed by atoms with E-state index >= 15 is 0 Å². The van der Waals surface area contributed by atoms with Crippen molar-refractivity contribution in [1.82, 2.24) is 10.1 Å². The van der Waals surface area contributed by atoms with Gasteiger partial charge in [0, 0.05) is 24.3 Å². The number of benzene rings is 1. The van der Waals surface area contributed by atoms with Gasteiger partial charge in [0.25, 0.3) is 10.9 Å². The van der Waals surface area contributed by atoms with Crippen LogP contribution in [0.5, 0.6) is 0 Å². The Labute approximate surface area is 160 Å². The molecule has 0 radical (unpaired) electrons. The summed E-state index contributed by atoms with van der Waals surface area (Å²) in [6.45, 7) is 0.439. The number of nitrogens with zero attached hydrogens (tertiary/aromatic N) is 3. The van der Waals surface area contributed by atoms with E-state index in [9.17, 15) is 22.8 Å². The van der Waals surface area contributed by atoms with Crippen LogP contribution in [0.25, 0.3) is 11.4 Å². The first-order chi connectivity index (χ1) is 13.2. The second kappa shape index (κ2) is 6.62. The average Bonchev–Trinajstić information content (AvgIpc) is 3.31. The average molecular weight is 413 g/mol. The highest BCUT2D eigenvalue weighted by atomic mass is 35.5. The van der Waals surface area contributed by atoms with Gasteiger partial charge in [-0.05, 0) is 42.3 Å². The Bertz CT molecular complexity index is 1090. The maximum Gasteiger partial charge on any atom is 0.400 e. The first kappa shape index (κ1) is 18.5. The molecule has 4 rings (SSSR count). The predicted octanol–water partition coefficient (Wildman–Crippen LogP) is 2.91. The molecule has 0 saturated carbocycles. The normalized spacial score (nSPS) is 17.4. The van der Waals surface area contributed by atoms with E-state index in [0.717, 1.165) is 0 Å². The Morgan fingerprint density at radius 2 is 1.93 bits per heavy atom. The van der Waals surface area contributed by atoms with Gasteiger partial charge in [0.1, 0.15) is 17.5 Å². The molecule has 1 N–H and O–H groups in total. The molecular formula is C17H12ClF3N4O3. The second-order valence-electron chi connectivity index (χ2n) is 6.34. The maximum atomic E-state index is 13.4. The molecule has 1 atom stereocenters. The van der Waals surface area contributed by atoms with Gasteiger partial charge in [-0.2, -0.15) is 13.8 Å². The zero-order valence-corrected chi connectivity index (χ0v) is 14.8. The van der Waals surface area contributed by atoms with E-state index in [1.54, 1.807) is 17.0 Å². The van der Waals surface area contributed by atoms with Crippen molar-refractivity contribution in [2.24, 2.45) is 0 Å². The van der Waals surface area contributed by atoms with Crippen LogP contribution in [0, 0.1) is 0 Å². The summed E-state index contributed by atoms with van der Waals surface area (Å²) in [7, 11) is 0. The van der Waals surface area contributed by atoms with Gasteiger partial charge in [0.05, 0.1) is 0 Å². The molecule has 1 aliphatic rings. The lowest BCUT2D eigenvalue weighted by molar-refractivity contribution is 0.0551. The Balaban J connectivity index is 1.53. The number of hydrogen-bond donors (Lipinski definition) is 1. The Kier molecular flexibility index (Phi) is 4.37. The van der Waals surface area contributed by atoms with Crippen molar-refractivity contribution in [3.05, 3.63) is 50.6 Å². The first-order valence-electron chi connectivity index (χ1n) is 8.24. The second-order valence-corrected chi connectivity index (χ2v) is 6.81. The lowest BCUT2D eigenvalue weighted by Gasteiger charge is -2.22. The van der Waals surface area contributed by atoms with Gasteiger partial charge < -0.3 is 14.7 Å². The summed E-state index contributed by atoms with van der Waals surface area (Å²) in [4.78, 5) is 28.8. The van der Waals surface area contributed by atoms with Crippen molar-refractivity contribution >= 4 is 28.7 Å². The first-order valence-corrected chi connectivity index (χ1v) is 8.62. The van der Waals surface area contributed by atoms with E-state index in [4.69, 9.17) is 11.6 Å². The summed E-state index contributed by atoms with van der Waals surface area (Å²) in [6.07, 6.45) is -0.724. The fourth-order valence-corrected chi connectivity index (χ4v) is 3.10. The van der Waals surface area contributed by atoms with Crippen LogP contribution in [0.3, 0.4) is 0 Å². The molecule has 0 amide bonds. The molecule has 0 bridgehead atoms. The van der Waals surface area contributed by atoms with E-state index in [0.29, 0.717) is 24.2 Å². The van der Waals surface area contributed by atoms with E-state index in [1.165, 1.54) is 12.1 Å². The maximum absolute atomic E-state index is 13.4. The lowest BCUT2D eigenvalue weighted by Crippen LogP contribution is -2.41. The van der Waals surface area contributed by atoms with E-state index in [-0.39, 0.29) is 23.7 Å². The number of halogens is 4. The van der Waals surface area contributed by atoms with Crippen LogP contribution in [-0.2, 0) is 5.38 Å². The molecule has 2 heterocycles. The molecule has 3 aromatic rings. The van der Waals surface area contributed by atoms with E-state index < -0.39 is 28.3 Å². The topological polar surface area (TPSA) is 88.3 Å². The molecule has 1 unspecified atom stereocenters. The van der Waals surface area contributed by atoms with Crippen LogP contribution in [0.2, 0.25) is 0 Å². The molecule has 1 aromatic heterocycles. The standard InChI is InChI=1S/C17H12ClF3N4O3/c18-17(20,21)16-23-15(24-28-16)8-1-3-10(4-2-8)22-11-12(14(27)13(11)26)25-6-5-9(19)7-25/h1-4,9,22H,5-7H2. The van der Waals surface area contributed by atoms with Gasteiger partial charge in [-0.15, -0.1) is 0 Å². The summed E-state index contributed by atoms with van der Waals surface area (Å²) in [5.74, 6) is -1.10. The van der Waals surface area contributed by atoms with Gasteiger partial charge >= 0.3 is 11.3 Å². The smallest absolute Gasteiger partial charge is 0.363 e. The van der Waals surface area contributed by atoms with Crippen molar-refractivity contribution in [3.8, 4) is 11.4 Å². The largest absolute Gasteiger partial charge is 0.400 e. The van der Waals surface area contributed by atoms with Crippen LogP contribution < -0.4 is 21.1 Å². The highest BCUT2D eigenvalue weighted by Gasteiger charge is 2.36. The highest BCUT2D eigenvalue weighted by molar-refractivity contribution is 6.21. The van der Waals surface area contributed by atoms with Gasteiger partial charge in [-0.3, -0.25) is 9.59 Å². The Hall–Kier alpha value is -2.88. The van der Waals surface area contributed by atoms with E-state index in [2.05, 4.69) is 20.0 Å². The molecule has 11 heteroatoms. The number of rotatable bonds is 5. The predicted molar refractivity (Wildman–Crippen MR) is 95.8 cm³/mol. The lowest BCUT2D eigenvalue weighted by atomic mass is 10.1. The zero-order chi connectivity index (χ0) is 20.1. The van der Waals surface area contributed by atoms with Gasteiger partial charge in [0.15, 0.2) is 0 Å². The fraction of sp³-hybridized carbons (Fsp3) is 0.294. The minimum atomic E-state index is -3.76. The van der Waals surface area contributed by atoms with Gasteiger partial charge in [-0.25, -0.2) is 4.39 Å². The number of hydrogen-bond acceptors (Lipinski definition) is 7. The van der Waals surface area contributed by atoms with Crippen LogP contribution in [0.1, 0.15) is 12.3 Å². The number of alkyl halides is 4. The Morgan fingerprint density at radius 3 is 2.50 bits per heavy atom. The van der Waals surface area contributed by atoms with Gasteiger partial charge in [-0.1, -0.05) is 5.16 Å². The summed E-state index contributed by atoms with van der Waals surface area (Å²) in [5, 5.41) is 2.53. The molecule has 7 nitrogen and oxygen atoms in total. The fourth-order valence-electron chi connectivity index (χ4n) is 3.02. The molecule has 2 aromatic carbocycles. The van der Waals surface area contributed by atoms with Crippen molar-refractivity contribution in [2.45, 2.75) is 18.0 Å². The summed E-state index contributed by atoms with van der Waals surface area (Å²) >= 11 is 4.83. The third-order valence-corrected chi connectivity index (χ3v) is 4.57. The van der Waals surface area contributed by atoms with Crippen molar-refractivity contribution in [1.29, 1.82) is 0 Å². The summed E-state index contributed by atoms with van der Waals surface area (Å²) in [5.41, 5.74) is -0.175. The van der Waals surface area contributed by atoms with Crippen molar-refractivity contribution in [2.75, 3.05) is 23.3 Å². The molecule has 1 fully saturated rings. The summed E-state index contributed by atoms with van der Waals surface area (Å²) in [6, 6.07) is 6.13. The minimum Gasteiger partial charge on any atom is -0.363 e. The zero-order valence-electron chi connectivity index (χ0n) is 14.1. The van der Waals surface area contributed by atoms with E-state index in [1.807, 2.05) is 0 Å². The molecule has 1 saturated heterocycles. The third kappa shape index (κ3) is 3.24. The molecule has 28 heavy (non-hydrogen) atoms. The SMILES string of the molecule is O=c1c(Nc2ccc(-c3noc(C(F)(F)Cl)n3)cc2)c(N2CCC(F)C2)c1=O. The molecular weight excluding hydrogens is 401 g/mol. The quantitative estimate of drug-likeness (QED) is 0.509. The minimum absolute atomic E-state index is 0.0733. The van der Waals surface area contributed by atoms with Crippen LogP contribution in [-0.4, -0.2) is 29.4 Å². The third-order valence-electron chi connectivity index (χ3n) is 4.41. The number of anilines is 3. The Morgan fingerprint density at radius 1 is 1.21 bits per heavy atom. The molecule has 0 spiro atoms. The number of aromatic nitrogens is 2. The molecule has 1 aliphatic heterocycles. The van der Waals surface area contributed by atoms with Crippen LogP contribution >= 0.6 is 11.6 Å². The van der Waals surface area contributed by atoms with Crippen LogP contribution in [0.15, 0.2) is 38.4 Å². The van der Waals surface area contributed by atoms with Crippen LogP contribution in [0.4, 0.5) is 30.2 Å². The molecule has 0 aliphatic carbocycles. The van der Waals surface area contributed by atoms with Gasteiger partial charge in [0.2, 0.25) is 5.82 Å². The van der Waals surface area contributed by atoms with Crippen molar-refractivity contribution in [3.63, 3.8) is 0 Å². The highest BCUT2D eigenvalue weighted by Crippen LogP contribution is 2.33. The molecule has 146 valence electrons.